The number of hydrogen-bond acceptors (Lipinski definition) is 3. The normalized spacial score (nSPS) is 13.9. The fraction of sp³-hybridized carbons (Fsp3) is 0.286. The van der Waals surface area contributed by atoms with E-state index in [0.717, 1.165) is 24.3 Å². The van der Waals surface area contributed by atoms with Crippen LogP contribution in [-0.2, 0) is 5.41 Å². The van der Waals surface area contributed by atoms with Crippen LogP contribution in [0.3, 0.4) is 0 Å². The zero-order chi connectivity index (χ0) is 25.0. The van der Waals surface area contributed by atoms with Gasteiger partial charge in [0.2, 0.25) is 0 Å². The first-order valence-electron chi connectivity index (χ1n) is 11.8. The van der Waals surface area contributed by atoms with E-state index in [2.05, 4.69) is 36.3 Å². The maximum atomic E-state index is 13.0. The molecule has 3 aromatic rings. The van der Waals surface area contributed by atoms with E-state index < -0.39 is 0 Å². The lowest BCUT2D eigenvalue weighted by Gasteiger charge is -2.36. The van der Waals surface area contributed by atoms with Gasteiger partial charge in [0.25, 0.3) is 5.91 Å². The molecule has 1 saturated heterocycles. The van der Waals surface area contributed by atoms with Gasteiger partial charge in [0, 0.05) is 53.8 Å². The average Bonchev–Trinajstić information content (AvgIpc) is 2.84. The Morgan fingerprint density at radius 1 is 0.800 bits per heavy atom. The Morgan fingerprint density at radius 3 is 2.03 bits per heavy atom. The van der Waals surface area contributed by atoms with Gasteiger partial charge in [-0.25, -0.2) is 4.79 Å². The number of nitrogens with one attached hydrogen (secondary N) is 2. The number of urea groups is 1. The Kier molecular flexibility index (Phi) is 7.31. The minimum absolute atomic E-state index is 0.0677. The lowest BCUT2D eigenvalue weighted by atomic mass is 9.86. The van der Waals surface area contributed by atoms with Gasteiger partial charge in [-0.3, -0.25) is 4.79 Å². The summed E-state index contributed by atoms with van der Waals surface area (Å²) in [7, 11) is 0. The van der Waals surface area contributed by atoms with Gasteiger partial charge in [-0.05, 0) is 65.6 Å². The summed E-state index contributed by atoms with van der Waals surface area (Å²) < 4.78 is 0. The largest absolute Gasteiger partial charge is 0.368 e. The van der Waals surface area contributed by atoms with Crippen LogP contribution in [0.2, 0.25) is 5.02 Å². The molecule has 1 aliphatic heterocycles. The Hall–Kier alpha value is -3.51. The van der Waals surface area contributed by atoms with Gasteiger partial charge in [-0.1, -0.05) is 50.6 Å². The van der Waals surface area contributed by atoms with Gasteiger partial charge in [-0.2, -0.15) is 0 Å². The number of benzene rings is 3. The highest BCUT2D eigenvalue weighted by Gasteiger charge is 2.23. The molecular formula is C28H31ClN4O2. The third kappa shape index (κ3) is 6.34. The fourth-order valence-corrected chi connectivity index (χ4v) is 4.27. The van der Waals surface area contributed by atoms with E-state index in [9.17, 15) is 9.59 Å². The molecule has 3 aromatic carbocycles. The zero-order valence-corrected chi connectivity index (χ0v) is 21.1. The van der Waals surface area contributed by atoms with Crippen molar-refractivity contribution in [2.45, 2.75) is 26.2 Å². The van der Waals surface area contributed by atoms with Crippen LogP contribution in [0.1, 0.15) is 36.7 Å². The highest BCUT2D eigenvalue weighted by molar-refractivity contribution is 6.30. The van der Waals surface area contributed by atoms with Crippen molar-refractivity contribution in [3.63, 3.8) is 0 Å². The summed E-state index contributed by atoms with van der Waals surface area (Å²) in [4.78, 5) is 29.4. The van der Waals surface area contributed by atoms with E-state index in [1.165, 1.54) is 5.56 Å². The molecule has 35 heavy (non-hydrogen) atoms. The molecule has 0 bridgehead atoms. The SMILES string of the molecule is CC(C)(C)c1ccc(C(=O)N2CCN(c3ccc(NC(=O)Nc4cccc(Cl)c4)cc3)CC2)cc1. The lowest BCUT2D eigenvalue weighted by Crippen LogP contribution is -2.48. The molecular weight excluding hydrogens is 460 g/mol. The smallest absolute Gasteiger partial charge is 0.323 e. The maximum absolute atomic E-state index is 13.0. The predicted octanol–water partition coefficient (Wildman–Crippen LogP) is 6.24. The molecule has 1 heterocycles. The Bertz CT molecular complexity index is 1180. The van der Waals surface area contributed by atoms with Crippen molar-refractivity contribution < 1.29 is 9.59 Å². The van der Waals surface area contributed by atoms with Crippen LogP contribution in [-0.4, -0.2) is 43.0 Å². The highest BCUT2D eigenvalue weighted by atomic mass is 35.5. The number of carbonyl (C=O) groups excluding carboxylic acids is 2. The molecule has 0 unspecified atom stereocenters. The topological polar surface area (TPSA) is 64.7 Å². The standard InChI is InChI=1S/C28H31ClN4O2/c1-28(2,3)21-9-7-20(8-10-21)26(34)33-17-15-32(16-18-33)25-13-11-23(12-14-25)30-27(35)31-24-6-4-5-22(29)19-24/h4-14,19H,15-18H2,1-3H3,(H2,30,31,35). The summed E-state index contributed by atoms with van der Waals surface area (Å²) in [6, 6.07) is 22.4. The maximum Gasteiger partial charge on any atom is 0.323 e. The second-order valence-corrected chi connectivity index (χ2v) is 10.2. The molecule has 0 aliphatic carbocycles. The first kappa shape index (κ1) is 24.6. The number of halogens is 1. The van der Waals surface area contributed by atoms with Gasteiger partial charge in [-0.15, -0.1) is 0 Å². The molecule has 0 atom stereocenters. The van der Waals surface area contributed by atoms with E-state index in [1.54, 1.807) is 24.3 Å². The number of carbonyl (C=O) groups is 2. The van der Waals surface area contributed by atoms with Crippen LogP contribution < -0.4 is 15.5 Å². The molecule has 1 fully saturated rings. The minimum Gasteiger partial charge on any atom is -0.368 e. The van der Waals surface area contributed by atoms with Gasteiger partial charge in [0.05, 0.1) is 0 Å². The highest BCUT2D eigenvalue weighted by Crippen LogP contribution is 2.24. The number of rotatable bonds is 4. The van der Waals surface area contributed by atoms with Crippen molar-refractivity contribution in [1.29, 1.82) is 0 Å². The van der Waals surface area contributed by atoms with E-state index >= 15 is 0 Å². The van der Waals surface area contributed by atoms with Crippen LogP contribution in [0.5, 0.6) is 0 Å². The molecule has 7 heteroatoms. The number of nitrogens with zero attached hydrogens (tertiary/aromatic N) is 2. The van der Waals surface area contributed by atoms with Crippen molar-refractivity contribution in [2.24, 2.45) is 0 Å². The van der Waals surface area contributed by atoms with Crippen LogP contribution in [0.25, 0.3) is 0 Å². The summed E-state index contributed by atoms with van der Waals surface area (Å²) in [6.45, 7) is 9.36. The molecule has 0 aromatic heterocycles. The van der Waals surface area contributed by atoms with E-state index in [1.807, 2.05) is 53.4 Å². The molecule has 182 valence electrons. The summed E-state index contributed by atoms with van der Waals surface area (Å²) in [5.74, 6) is 0.0790. The molecule has 6 nitrogen and oxygen atoms in total. The number of hydrogen-bond donors (Lipinski definition) is 2. The van der Waals surface area contributed by atoms with Crippen molar-refractivity contribution in [2.75, 3.05) is 41.7 Å². The number of piperazine rings is 1. The first-order valence-corrected chi connectivity index (χ1v) is 12.2. The first-order chi connectivity index (χ1) is 16.7. The molecule has 0 spiro atoms. The van der Waals surface area contributed by atoms with Gasteiger partial charge < -0.3 is 20.4 Å². The van der Waals surface area contributed by atoms with Crippen molar-refractivity contribution in [3.05, 3.63) is 88.9 Å². The molecule has 0 radical (unpaired) electrons. The van der Waals surface area contributed by atoms with Crippen molar-refractivity contribution in [3.8, 4) is 0 Å². The van der Waals surface area contributed by atoms with Gasteiger partial charge in [0.1, 0.15) is 0 Å². The van der Waals surface area contributed by atoms with Crippen molar-refractivity contribution in [1.82, 2.24) is 4.90 Å². The quantitative estimate of drug-likeness (QED) is 0.454. The molecule has 4 rings (SSSR count). The zero-order valence-electron chi connectivity index (χ0n) is 20.3. The van der Waals surface area contributed by atoms with E-state index in [4.69, 9.17) is 11.6 Å². The summed E-state index contributed by atoms with van der Waals surface area (Å²) >= 11 is 5.96. The van der Waals surface area contributed by atoms with Crippen molar-refractivity contribution >= 4 is 40.6 Å². The molecule has 2 N–H and O–H groups in total. The Morgan fingerprint density at radius 2 is 1.43 bits per heavy atom. The monoisotopic (exact) mass is 490 g/mol. The fourth-order valence-electron chi connectivity index (χ4n) is 4.08. The summed E-state index contributed by atoms with van der Waals surface area (Å²) in [5, 5.41) is 6.16. The average molecular weight is 491 g/mol. The molecule has 3 amide bonds. The number of anilines is 3. The Labute approximate surface area is 211 Å². The molecule has 1 aliphatic rings. The van der Waals surface area contributed by atoms with Gasteiger partial charge in [0.15, 0.2) is 0 Å². The summed E-state index contributed by atoms with van der Waals surface area (Å²) in [5.41, 5.74) is 4.41. The third-order valence-corrected chi connectivity index (χ3v) is 6.37. The summed E-state index contributed by atoms with van der Waals surface area (Å²) in [6.07, 6.45) is 0. The minimum atomic E-state index is -0.331. The predicted molar refractivity (Wildman–Crippen MR) is 144 cm³/mol. The van der Waals surface area contributed by atoms with Crippen LogP contribution in [0.4, 0.5) is 21.9 Å². The van der Waals surface area contributed by atoms with Gasteiger partial charge >= 0.3 is 6.03 Å². The Balaban J connectivity index is 1.29. The third-order valence-electron chi connectivity index (χ3n) is 6.14. The van der Waals surface area contributed by atoms with E-state index in [-0.39, 0.29) is 17.4 Å². The second-order valence-electron chi connectivity index (χ2n) is 9.74. The number of amides is 3. The van der Waals surface area contributed by atoms with Crippen LogP contribution >= 0.6 is 11.6 Å². The second kappa shape index (κ2) is 10.4. The van der Waals surface area contributed by atoms with Crippen LogP contribution in [0.15, 0.2) is 72.8 Å². The van der Waals surface area contributed by atoms with E-state index in [0.29, 0.717) is 29.5 Å². The van der Waals surface area contributed by atoms with Crippen LogP contribution in [0, 0.1) is 0 Å². The molecule has 0 saturated carbocycles. The lowest BCUT2D eigenvalue weighted by molar-refractivity contribution is 0.0746.